The third kappa shape index (κ3) is 5.53. The molecule has 0 aromatic rings. The summed E-state index contributed by atoms with van der Waals surface area (Å²) in [7, 11) is 0. The molecule has 4 N–H and O–H groups in total. The van der Waals surface area contributed by atoms with Gasteiger partial charge in [-0.05, 0) is 12.8 Å². The van der Waals surface area contributed by atoms with Crippen molar-refractivity contribution in [3.05, 3.63) is 0 Å². The lowest BCUT2D eigenvalue weighted by atomic mass is 9.86. The minimum Gasteiger partial charge on any atom is -0.481 e. The summed E-state index contributed by atoms with van der Waals surface area (Å²) in [4.78, 5) is 21.5. The quantitative estimate of drug-likeness (QED) is 0.559. The lowest BCUT2D eigenvalue weighted by molar-refractivity contribution is -0.136. The van der Waals surface area contributed by atoms with Crippen LogP contribution in [0, 0.1) is 5.92 Å². The fourth-order valence-electron chi connectivity index (χ4n) is 2.00. The van der Waals surface area contributed by atoms with Crippen molar-refractivity contribution in [1.29, 1.82) is 0 Å². The van der Waals surface area contributed by atoms with Crippen LogP contribution in [0.1, 0.15) is 32.1 Å². The van der Waals surface area contributed by atoms with Crippen molar-refractivity contribution in [3.8, 4) is 0 Å². The smallest absolute Gasteiger partial charge is 0.314 e. The SMILES string of the molecule is O=C(O)CCNC(=O)NC[C@@H]1CCCC[C@H]1O. The maximum absolute atomic E-state index is 11.3. The Morgan fingerprint density at radius 3 is 2.53 bits per heavy atom. The van der Waals surface area contributed by atoms with Gasteiger partial charge in [-0.25, -0.2) is 4.79 Å². The Morgan fingerprint density at radius 1 is 1.18 bits per heavy atom. The number of carboxylic acids is 1. The Morgan fingerprint density at radius 2 is 1.88 bits per heavy atom. The summed E-state index contributed by atoms with van der Waals surface area (Å²) < 4.78 is 0. The second-order valence-corrected chi connectivity index (χ2v) is 4.39. The maximum atomic E-state index is 11.3. The number of aliphatic carboxylic acids is 1. The molecule has 0 aliphatic heterocycles. The van der Waals surface area contributed by atoms with Crippen molar-refractivity contribution < 1.29 is 19.8 Å². The van der Waals surface area contributed by atoms with Gasteiger partial charge in [0.05, 0.1) is 12.5 Å². The van der Waals surface area contributed by atoms with Gasteiger partial charge >= 0.3 is 12.0 Å². The molecule has 1 aliphatic carbocycles. The van der Waals surface area contributed by atoms with Crippen LogP contribution in [0.4, 0.5) is 4.79 Å². The van der Waals surface area contributed by atoms with Gasteiger partial charge < -0.3 is 20.8 Å². The normalized spacial score (nSPS) is 24.1. The predicted octanol–water partition coefficient (Wildman–Crippen LogP) is 0.311. The van der Waals surface area contributed by atoms with Crippen molar-refractivity contribution in [2.45, 2.75) is 38.2 Å². The molecule has 0 saturated heterocycles. The van der Waals surface area contributed by atoms with Gasteiger partial charge in [-0.1, -0.05) is 12.8 Å². The van der Waals surface area contributed by atoms with Crippen LogP contribution in [-0.2, 0) is 4.79 Å². The van der Waals surface area contributed by atoms with Crippen LogP contribution in [0.2, 0.25) is 0 Å². The highest BCUT2D eigenvalue weighted by molar-refractivity contribution is 5.74. The van der Waals surface area contributed by atoms with Crippen LogP contribution >= 0.6 is 0 Å². The number of carboxylic acid groups (broad SMARTS) is 1. The molecule has 1 aliphatic rings. The highest BCUT2D eigenvalue weighted by Crippen LogP contribution is 2.23. The molecule has 0 radical (unpaired) electrons. The van der Waals surface area contributed by atoms with Gasteiger partial charge in [0, 0.05) is 19.0 Å². The molecule has 17 heavy (non-hydrogen) atoms. The molecular weight excluding hydrogens is 224 g/mol. The molecule has 0 aromatic heterocycles. The van der Waals surface area contributed by atoms with Gasteiger partial charge in [0.2, 0.25) is 0 Å². The average Bonchev–Trinajstić information content (AvgIpc) is 2.27. The van der Waals surface area contributed by atoms with E-state index in [0.29, 0.717) is 6.54 Å². The first-order chi connectivity index (χ1) is 8.09. The number of nitrogens with one attached hydrogen (secondary N) is 2. The van der Waals surface area contributed by atoms with Crippen molar-refractivity contribution in [2.75, 3.05) is 13.1 Å². The van der Waals surface area contributed by atoms with E-state index < -0.39 is 5.97 Å². The van der Waals surface area contributed by atoms with Gasteiger partial charge in [-0.3, -0.25) is 4.79 Å². The lowest BCUT2D eigenvalue weighted by Crippen LogP contribution is -2.42. The maximum Gasteiger partial charge on any atom is 0.314 e. The molecule has 0 unspecified atom stereocenters. The number of amides is 2. The largest absolute Gasteiger partial charge is 0.481 e. The molecule has 0 heterocycles. The Balaban J connectivity index is 2.12. The van der Waals surface area contributed by atoms with Crippen LogP contribution in [0.3, 0.4) is 0 Å². The van der Waals surface area contributed by atoms with E-state index in [9.17, 15) is 14.7 Å². The fraction of sp³-hybridized carbons (Fsp3) is 0.818. The summed E-state index contributed by atoms with van der Waals surface area (Å²) in [5, 5.41) is 23.2. The highest BCUT2D eigenvalue weighted by Gasteiger charge is 2.23. The van der Waals surface area contributed by atoms with E-state index in [2.05, 4.69) is 10.6 Å². The van der Waals surface area contributed by atoms with E-state index in [4.69, 9.17) is 5.11 Å². The van der Waals surface area contributed by atoms with E-state index in [1.807, 2.05) is 0 Å². The molecule has 1 fully saturated rings. The molecule has 0 spiro atoms. The molecule has 0 aromatic carbocycles. The second-order valence-electron chi connectivity index (χ2n) is 4.39. The predicted molar refractivity (Wildman–Crippen MR) is 61.6 cm³/mol. The summed E-state index contributed by atoms with van der Waals surface area (Å²) in [5.41, 5.74) is 0. The zero-order chi connectivity index (χ0) is 12.7. The van der Waals surface area contributed by atoms with E-state index >= 15 is 0 Å². The first kappa shape index (κ1) is 13.8. The Bertz CT molecular complexity index is 270. The zero-order valence-corrected chi connectivity index (χ0v) is 9.82. The van der Waals surface area contributed by atoms with Crippen LogP contribution in [-0.4, -0.2) is 41.4 Å². The fourth-order valence-corrected chi connectivity index (χ4v) is 2.00. The van der Waals surface area contributed by atoms with Crippen molar-refractivity contribution >= 4 is 12.0 Å². The van der Waals surface area contributed by atoms with Gasteiger partial charge in [0.1, 0.15) is 0 Å². The molecule has 1 rings (SSSR count). The number of hydrogen-bond acceptors (Lipinski definition) is 3. The summed E-state index contributed by atoms with van der Waals surface area (Å²) in [6.07, 6.45) is 3.44. The first-order valence-electron chi connectivity index (χ1n) is 6.01. The molecule has 6 nitrogen and oxygen atoms in total. The molecule has 98 valence electrons. The van der Waals surface area contributed by atoms with Gasteiger partial charge in [0.15, 0.2) is 0 Å². The summed E-state index contributed by atoms with van der Waals surface area (Å²) in [5.74, 6) is -0.818. The number of rotatable bonds is 5. The van der Waals surface area contributed by atoms with Crippen LogP contribution in [0.5, 0.6) is 0 Å². The standard InChI is InChI=1S/C11H20N2O4/c14-9-4-2-1-3-8(9)7-13-11(17)12-6-5-10(15)16/h8-9,14H,1-7H2,(H,15,16)(H2,12,13,17)/t8-,9+/m0/s1. The number of hydrogen-bond donors (Lipinski definition) is 4. The summed E-state index contributed by atoms with van der Waals surface area (Å²) in [6, 6.07) is -0.371. The number of aliphatic hydroxyl groups excluding tert-OH is 1. The van der Waals surface area contributed by atoms with E-state index in [1.165, 1.54) is 0 Å². The zero-order valence-electron chi connectivity index (χ0n) is 9.82. The number of aliphatic hydroxyl groups is 1. The Hall–Kier alpha value is -1.30. The number of carbonyl (C=O) groups is 2. The summed E-state index contributed by atoms with van der Waals surface area (Å²) in [6.45, 7) is 0.564. The number of carbonyl (C=O) groups excluding carboxylic acids is 1. The topological polar surface area (TPSA) is 98.7 Å². The van der Waals surface area contributed by atoms with Gasteiger partial charge in [-0.2, -0.15) is 0 Å². The van der Waals surface area contributed by atoms with Crippen LogP contribution < -0.4 is 10.6 Å². The highest BCUT2D eigenvalue weighted by atomic mass is 16.4. The Kier molecular flexibility index (Phi) is 5.76. The molecule has 0 bridgehead atoms. The molecular formula is C11H20N2O4. The molecule has 2 atom stereocenters. The van der Waals surface area contributed by atoms with Crippen molar-refractivity contribution in [1.82, 2.24) is 10.6 Å². The van der Waals surface area contributed by atoms with E-state index in [-0.39, 0.29) is 31.0 Å². The van der Waals surface area contributed by atoms with Crippen LogP contribution in [0.15, 0.2) is 0 Å². The van der Waals surface area contributed by atoms with Crippen molar-refractivity contribution in [3.63, 3.8) is 0 Å². The third-order valence-electron chi connectivity index (χ3n) is 3.02. The van der Waals surface area contributed by atoms with Gasteiger partial charge in [0.25, 0.3) is 0 Å². The van der Waals surface area contributed by atoms with E-state index in [1.54, 1.807) is 0 Å². The summed E-state index contributed by atoms with van der Waals surface area (Å²) >= 11 is 0. The minimum atomic E-state index is -0.937. The molecule has 2 amide bonds. The monoisotopic (exact) mass is 244 g/mol. The Labute approximate surface area is 100 Å². The van der Waals surface area contributed by atoms with Crippen molar-refractivity contribution in [2.24, 2.45) is 5.92 Å². The van der Waals surface area contributed by atoms with Gasteiger partial charge in [-0.15, -0.1) is 0 Å². The van der Waals surface area contributed by atoms with E-state index in [0.717, 1.165) is 25.7 Å². The minimum absolute atomic E-state index is 0.0839. The second kappa shape index (κ2) is 7.11. The lowest BCUT2D eigenvalue weighted by Gasteiger charge is -2.27. The molecule has 6 heteroatoms. The van der Waals surface area contributed by atoms with Crippen LogP contribution in [0.25, 0.3) is 0 Å². The molecule has 1 saturated carbocycles. The average molecular weight is 244 g/mol. The third-order valence-corrected chi connectivity index (χ3v) is 3.02. The first-order valence-corrected chi connectivity index (χ1v) is 6.01. The number of urea groups is 1.